The van der Waals surface area contributed by atoms with Crippen molar-refractivity contribution in [2.45, 2.75) is 18.0 Å². The first kappa shape index (κ1) is 14.7. The maximum absolute atomic E-state index is 12.1. The number of benzene rings is 1. The van der Waals surface area contributed by atoms with Crippen LogP contribution in [0.2, 0.25) is 0 Å². The highest BCUT2D eigenvalue weighted by molar-refractivity contribution is 7.99. The molecule has 0 fully saturated rings. The van der Waals surface area contributed by atoms with Crippen molar-refractivity contribution >= 4 is 23.4 Å². The van der Waals surface area contributed by atoms with Gasteiger partial charge in [0, 0.05) is 4.90 Å². The smallest absolute Gasteiger partial charge is 0.405 e. The molecule has 7 heteroatoms. The summed E-state index contributed by atoms with van der Waals surface area (Å²) in [6.07, 6.45) is -4.39. The molecule has 0 spiro atoms. The van der Waals surface area contributed by atoms with E-state index in [1.54, 1.807) is 6.07 Å². The predicted octanol–water partition coefficient (Wildman–Crippen LogP) is 3.47. The minimum absolute atomic E-state index is 0.0155. The van der Waals surface area contributed by atoms with E-state index in [0.29, 0.717) is 10.6 Å². The van der Waals surface area contributed by atoms with Crippen LogP contribution in [0.15, 0.2) is 23.1 Å². The lowest BCUT2D eigenvalue weighted by molar-refractivity contribution is -0.115. The number of carboxylic acid groups (broad SMARTS) is 1. The predicted molar refractivity (Wildman–Crippen MR) is 64.3 cm³/mol. The Morgan fingerprint density at radius 1 is 1.44 bits per heavy atom. The Bertz CT molecular complexity index is 435. The molecule has 0 saturated carbocycles. The Labute approximate surface area is 106 Å². The fourth-order valence-corrected chi connectivity index (χ4v) is 2.20. The summed E-state index contributed by atoms with van der Waals surface area (Å²) in [6, 6.07) is 4.44. The minimum atomic E-state index is -4.39. The monoisotopic (exact) mass is 279 g/mol. The Balaban J connectivity index is 3.03. The fraction of sp³-hybridized carbons (Fsp3) is 0.364. The number of carboxylic acids is 1. The molecule has 100 valence electrons. The lowest BCUT2D eigenvalue weighted by atomic mass is 10.2. The molecule has 1 aromatic rings. The quantitative estimate of drug-likeness (QED) is 0.810. The molecule has 3 nitrogen and oxygen atoms in total. The van der Waals surface area contributed by atoms with Crippen LogP contribution in [-0.2, 0) is 0 Å². The number of hydrogen-bond acceptors (Lipinski definition) is 3. The topological polar surface area (TPSA) is 49.3 Å². The second-order valence-corrected chi connectivity index (χ2v) is 4.69. The minimum Gasteiger partial charge on any atom is -0.478 e. The van der Waals surface area contributed by atoms with Gasteiger partial charge in [-0.05, 0) is 17.9 Å². The van der Waals surface area contributed by atoms with Crippen molar-refractivity contribution < 1.29 is 23.1 Å². The van der Waals surface area contributed by atoms with E-state index in [2.05, 4.69) is 5.32 Å². The maximum atomic E-state index is 12.1. The van der Waals surface area contributed by atoms with Crippen LogP contribution in [0, 0.1) is 0 Å². The standard InChI is InChI=1S/C11H12F3NO2S/c1-2-18-8-5-3-4-7(9(8)10(16)17)15-6-11(12,13)14/h3-5,15H,2,6H2,1H3,(H,16,17). The summed E-state index contributed by atoms with van der Waals surface area (Å²) in [5.74, 6) is -0.598. The number of nitrogens with one attached hydrogen (secondary N) is 1. The van der Waals surface area contributed by atoms with E-state index in [1.165, 1.54) is 23.9 Å². The summed E-state index contributed by atoms with van der Waals surface area (Å²) in [7, 11) is 0. The zero-order valence-corrected chi connectivity index (χ0v) is 10.4. The molecule has 0 bridgehead atoms. The van der Waals surface area contributed by atoms with Gasteiger partial charge in [0.1, 0.15) is 6.54 Å². The first-order valence-electron chi connectivity index (χ1n) is 5.15. The summed E-state index contributed by atoms with van der Waals surface area (Å²) in [6.45, 7) is 0.583. The molecule has 2 N–H and O–H groups in total. The summed E-state index contributed by atoms with van der Waals surface area (Å²) < 4.78 is 36.3. The van der Waals surface area contributed by atoms with Crippen LogP contribution in [0.1, 0.15) is 17.3 Å². The van der Waals surface area contributed by atoms with Gasteiger partial charge in [-0.3, -0.25) is 0 Å². The molecular weight excluding hydrogens is 267 g/mol. The number of halogens is 3. The molecule has 0 atom stereocenters. The molecular formula is C11H12F3NO2S. The number of carbonyl (C=O) groups is 1. The molecule has 1 aromatic carbocycles. The zero-order valence-electron chi connectivity index (χ0n) is 9.54. The maximum Gasteiger partial charge on any atom is 0.405 e. The third kappa shape index (κ3) is 4.14. The van der Waals surface area contributed by atoms with Crippen LogP contribution in [0.5, 0.6) is 0 Å². The summed E-state index contributed by atoms with van der Waals surface area (Å²) in [5, 5.41) is 11.2. The van der Waals surface area contributed by atoms with Gasteiger partial charge in [0.2, 0.25) is 0 Å². The van der Waals surface area contributed by atoms with E-state index in [-0.39, 0.29) is 11.3 Å². The van der Waals surface area contributed by atoms with Crippen LogP contribution in [0.4, 0.5) is 18.9 Å². The Kier molecular flexibility index (Phi) is 4.89. The van der Waals surface area contributed by atoms with Crippen molar-refractivity contribution in [1.82, 2.24) is 0 Å². The lowest BCUT2D eigenvalue weighted by Gasteiger charge is -2.14. The van der Waals surface area contributed by atoms with Gasteiger partial charge in [0.15, 0.2) is 0 Å². The van der Waals surface area contributed by atoms with Crippen molar-refractivity contribution in [3.05, 3.63) is 23.8 Å². The van der Waals surface area contributed by atoms with Crippen LogP contribution in [0.3, 0.4) is 0 Å². The average Bonchev–Trinajstić information content (AvgIpc) is 2.25. The fourth-order valence-electron chi connectivity index (χ4n) is 1.37. The van der Waals surface area contributed by atoms with Gasteiger partial charge in [0.05, 0.1) is 11.3 Å². The molecule has 1 rings (SSSR count). The van der Waals surface area contributed by atoms with E-state index < -0.39 is 18.7 Å². The van der Waals surface area contributed by atoms with E-state index in [1.807, 2.05) is 6.92 Å². The Hall–Kier alpha value is -1.37. The summed E-state index contributed by atoms with van der Waals surface area (Å²) in [5.41, 5.74) is -0.133. The largest absolute Gasteiger partial charge is 0.478 e. The third-order valence-electron chi connectivity index (χ3n) is 2.02. The van der Waals surface area contributed by atoms with Crippen molar-refractivity contribution in [1.29, 1.82) is 0 Å². The highest BCUT2D eigenvalue weighted by Gasteiger charge is 2.27. The van der Waals surface area contributed by atoms with E-state index >= 15 is 0 Å². The van der Waals surface area contributed by atoms with Crippen molar-refractivity contribution in [2.75, 3.05) is 17.6 Å². The van der Waals surface area contributed by atoms with Gasteiger partial charge < -0.3 is 10.4 Å². The number of hydrogen-bond donors (Lipinski definition) is 2. The second kappa shape index (κ2) is 5.99. The van der Waals surface area contributed by atoms with Gasteiger partial charge in [-0.25, -0.2) is 4.79 Å². The zero-order chi connectivity index (χ0) is 13.8. The van der Waals surface area contributed by atoms with E-state index in [0.717, 1.165) is 0 Å². The molecule has 0 heterocycles. The number of thioether (sulfide) groups is 1. The average molecular weight is 279 g/mol. The van der Waals surface area contributed by atoms with Gasteiger partial charge in [0.25, 0.3) is 0 Å². The van der Waals surface area contributed by atoms with Gasteiger partial charge in [-0.1, -0.05) is 13.0 Å². The molecule has 0 aliphatic rings. The second-order valence-electron chi connectivity index (χ2n) is 3.39. The lowest BCUT2D eigenvalue weighted by Crippen LogP contribution is -2.22. The number of rotatable bonds is 5. The first-order valence-corrected chi connectivity index (χ1v) is 6.13. The van der Waals surface area contributed by atoms with Crippen LogP contribution in [0.25, 0.3) is 0 Å². The molecule has 0 saturated heterocycles. The normalized spacial score (nSPS) is 11.3. The highest BCUT2D eigenvalue weighted by Crippen LogP contribution is 2.29. The molecule has 0 unspecified atom stereocenters. The van der Waals surface area contributed by atoms with Gasteiger partial charge in [-0.2, -0.15) is 13.2 Å². The van der Waals surface area contributed by atoms with Crippen molar-refractivity contribution in [3.8, 4) is 0 Å². The number of alkyl halides is 3. The van der Waals surface area contributed by atoms with Crippen LogP contribution >= 0.6 is 11.8 Å². The first-order chi connectivity index (χ1) is 8.35. The van der Waals surface area contributed by atoms with Crippen LogP contribution in [-0.4, -0.2) is 29.5 Å². The molecule has 0 amide bonds. The Morgan fingerprint density at radius 3 is 2.61 bits per heavy atom. The van der Waals surface area contributed by atoms with Gasteiger partial charge >= 0.3 is 12.1 Å². The molecule has 0 aliphatic carbocycles. The third-order valence-corrected chi connectivity index (χ3v) is 2.96. The summed E-state index contributed by atoms with van der Waals surface area (Å²) >= 11 is 1.28. The Morgan fingerprint density at radius 2 is 2.11 bits per heavy atom. The molecule has 18 heavy (non-hydrogen) atoms. The van der Waals surface area contributed by atoms with Crippen LogP contribution < -0.4 is 5.32 Å². The number of aromatic carboxylic acids is 1. The summed E-state index contributed by atoms with van der Waals surface area (Å²) in [4.78, 5) is 11.6. The van der Waals surface area contributed by atoms with E-state index in [4.69, 9.17) is 5.11 Å². The van der Waals surface area contributed by atoms with Crippen molar-refractivity contribution in [2.24, 2.45) is 0 Å². The van der Waals surface area contributed by atoms with Crippen molar-refractivity contribution in [3.63, 3.8) is 0 Å². The molecule has 0 aromatic heterocycles. The molecule has 0 aliphatic heterocycles. The SMILES string of the molecule is CCSc1cccc(NCC(F)(F)F)c1C(=O)O. The van der Waals surface area contributed by atoms with E-state index in [9.17, 15) is 18.0 Å². The van der Waals surface area contributed by atoms with Gasteiger partial charge in [-0.15, -0.1) is 11.8 Å². The highest BCUT2D eigenvalue weighted by atomic mass is 32.2. The number of anilines is 1. The molecule has 0 radical (unpaired) electrons.